The van der Waals surface area contributed by atoms with Crippen LogP contribution in [0, 0.1) is 13.8 Å². The van der Waals surface area contributed by atoms with Crippen molar-refractivity contribution in [3.05, 3.63) is 29.6 Å². The van der Waals surface area contributed by atoms with Gasteiger partial charge in [-0.2, -0.15) is 5.10 Å². The lowest BCUT2D eigenvalue weighted by atomic mass is 10.1. The zero-order valence-corrected chi connectivity index (χ0v) is 9.00. The van der Waals surface area contributed by atoms with Crippen LogP contribution in [0.15, 0.2) is 12.7 Å². The van der Waals surface area contributed by atoms with Crippen LogP contribution in [-0.4, -0.2) is 15.6 Å². The number of ketones is 1. The van der Waals surface area contributed by atoms with Crippen LogP contribution in [0.4, 0.5) is 0 Å². The zero-order valence-electron chi connectivity index (χ0n) is 9.00. The van der Waals surface area contributed by atoms with E-state index in [0.29, 0.717) is 12.8 Å². The molecule has 0 unspecified atom stereocenters. The molecule has 0 aromatic carbocycles. The van der Waals surface area contributed by atoms with E-state index >= 15 is 0 Å². The molecule has 0 spiro atoms. The topological polar surface area (TPSA) is 34.9 Å². The average Bonchev–Trinajstić information content (AvgIpc) is 2.33. The summed E-state index contributed by atoms with van der Waals surface area (Å²) in [5.74, 6) is 0.194. The van der Waals surface area contributed by atoms with E-state index in [-0.39, 0.29) is 5.78 Å². The van der Waals surface area contributed by atoms with Crippen molar-refractivity contribution >= 4 is 5.78 Å². The highest BCUT2D eigenvalue weighted by Gasteiger charge is 2.12. The molecule has 0 saturated carbocycles. The van der Waals surface area contributed by atoms with Gasteiger partial charge < -0.3 is 0 Å². The molecule has 0 N–H and O–H groups in total. The highest BCUT2D eigenvalue weighted by atomic mass is 16.1. The molecular weight excluding hydrogens is 176 g/mol. The number of allylic oxidation sites excluding steroid dienone is 1. The fraction of sp³-hybridized carbons (Fsp3) is 0.455. The summed E-state index contributed by atoms with van der Waals surface area (Å²) in [5.41, 5.74) is 3.07. The molecule has 0 aliphatic heterocycles. The van der Waals surface area contributed by atoms with Crippen LogP contribution in [0.5, 0.6) is 0 Å². The van der Waals surface area contributed by atoms with Crippen LogP contribution in [0.2, 0.25) is 0 Å². The number of hydrogen-bond acceptors (Lipinski definition) is 2. The van der Waals surface area contributed by atoms with Gasteiger partial charge in [0.15, 0.2) is 0 Å². The summed E-state index contributed by atoms with van der Waals surface area (Å²) in [4.78, 5) is 11.4. The summed E-state index contributed by atoms with van der Waals surface area (Å²) >= 11 is 0. The summed E-state index contributed by atoms with van der Waals surface area (Å²) in [6.45, 7) is 7.47. The Bertz CT molecular complexity index is 364. The van der Waals surface area contributed by atoms with Crippen molar-refractivity contribution in [3.63, 3.8) is 0 Å². The second-order valence-electron chi connectivity index (χ2n) is 3.48. The first kappa shape index (κ1) is 10.7. The van der Waals surface area contributed by atoms with Gasteiger partial charge in [0.2, 0.25) is 0 Å². The fourth-order valence-corrected chi connectivity index (χ4v) is 1.50. The van der Waals surface area contributed by atoms with E-state index in [1.54, 1.807) is 6.08 Å². The van der Waals surface area contributed by atoms with E-state index in [1.807, 2.05) is 25.6 Å². The maximum absolute atomic E-state index is 11.4. The minimum absolute atomic E-state index is 0.194. The molecule has 3 nitrogen and oxygen atoms in total. The normalized spacial score (nSPS) is 10.2. The summed E-state index contributed by atoms with van der Waals surface area (Å²) in [6.07, 6.45) is 2.55. The van der Waals surface area contributed by atoms with Crippen LogP contribution in [0.1, 0.15) is 23.4 Å². The van der Waals surface area contributed by atoms with E-state index < -0.39 is 0 Å². The Hall–Kier alpha value is -1.38. The largest absolute Gasteiger partial charge is 0.299 e. The Balaban J connectivity index is 2.85. The van der Waals surface area contributed by atoms with Crippen molar-refractivity contribution in [2.24, 2.45) is 7.05 Å². The number of nitrogens with zero attached hydrogens (tertiary/aromatic N) is 2. The van der Waals surface area contributed by atoms with Gasteiger partial charge in [-0.05, 0) is 13.8 Å². The summed E-state index contributed by atoms with van der Waals surface area (Å²) in [7, 11) is 1.89. The maximum atomic E-state index is 11.4. The van der Waals surface area contributed by atoms with E-state index in [2.05, 4.69) is 11.7 Å². The Morgan fingerprint density at radius 3 is 2.64 bits per heavy atom. The molecule has 1 rings (SSSR count). The fourth-order valence-electron chi connectivity index (χ4n) is 1.50. The minimum Gasteiger partial charge on any atom is -0.299 e. The predicted molar refractivity (Wildman–Crippen MR) is 56.2 cm³/mol. The molecule has 3 heteroatoms. The molecule has 0 saturated heterocycles. The highest BCUT2D eigenvalue weighted by Crippen LogP contribution is 2.13. The lowest BCUT2D eigenvalue weighted by Gasteiger charge is -1.99. The summed E-state index contributed by atoms with van der Waals surface area (Å²) in [5, 5.41) is 4.26. The molecule has 0 aliphatic rings. The van der Waals surface area contributed by atoms with E-state index in [9.17, 15) is 4.79 Å². The number of aromatic nitrogens is 2. The molecule has 1 aromatic rings. The summed E-state index contributed by atoms with van der Waals surface area (Å²) in [6, 6.07) is 0. The molecule has 1 heterocycles. The monoisotopic (exact) mass is 192 g/mol. The van der Waals surface area contributed by atoms with Crippen molar-refractivity contribution in [2.75, 3.05) is 0 Å². The third-order valence-electron chi connectivity index (χ3n) is 2.40. The first-order valence-electron chi connectivity index (χ1n) is 4.68. The van der Waals surface area contributed by atoms with Gasteiger partial charge in [0.05, 0.1) is 5.69 Å². The quantitative estimate of drug-likeness (QED) is 0.681. The highest BCUT2D eigenvalue weighted by molar-refractivity contribution is 5.82. The Morgan fingerprint density at radius 2 is 2.21 bits per heavy atom. The third kappa shape index (κ3) is 2.10. The SMILES string of the molecule is C=CCC(=O)Cc1c(C)nn(C)c1C. The molecule has 0 fully saturated rings. The van der Waals surface area contributed by atoms with E-state index in [4.69, 9.17) is 0 Å². The van der Waals surface area contributed by atoms with E-state index in [0.717, 1.165) is 17.0 Å². The Labute approximate surface area is 84.4 Å². The number of rotatable bonds is 4. The van der Waals surface area contributed by atoms with Gasteiger partial charge in [-0.25, -0.2) is 0 Å². The lowest BCUT2D eigenvalue weighted by Crippen LogP contribution is -2.03. The van der Waals surface area contributed by atoms with Crippen LogP contribution in [-0.2, 0) is 18.3 Å². The standard InChI is InChI=1S/C11H16N2O/c1-5-6-10(14)7-11-8(2)12-13(4)9(11)3/h5H,1,6-7H2,2-4H3. The lowest BCUT2D eigenvalue weighted by molar-refractivity contribution is -0.117. The van der Waals surface area contributed by atoms with Gasteiger partial charge in [0.25, 0.3) is 0 Å². The molecule has 14 heavy (non-hydrogen) atoms. The van der Waals surface area contributed by atoms with Crippen molar-refractivity contribution < 1.29 is 4.79 Å². The van der Waals surface area contributed by atoms with E-state index in [1.165, 1.54) is 0 Å². The van der Waals surface area contributed by atoms with Gasteiger partial charge in [-0.3, -0.25) is 9.48 Å². The van der Waals surface area contributed by atoms with Crippen LogP contribution in [0.3, 0.4) is 0 Å². The molecule has 76 valence electrons. The van der Waals surface area contributed by atoms with Crippen molar-refractivity contribution in [2.45, 2.75) is 26.7 Å². The number of hydrogen-bond donors (Lipinski definition) is 0. The smallest absolute Gasteiger partial charge is 0.141 e. The van der Waals surface area contributed by atoms with Crippen LogP contribution >= 0.6 is 0 Å². The first-order valence-corrected chi connectivity index (χ1v) is 4.68. The predicted octanol–water partition coefficient (Wildman–Crippen LogP) is 1.72. The minimum atomic E-state index is 0.194. The molecule has 0 atom stereocenters. The Kier molecular flexibility index (Phi) is 3.23. The average molecular weight is 192 g/mol. The van der Waals surface area contributed by atoms with Gasteiger partial charge in [0.1, 0.15) is 5.78 Å². The molecule has 0 radical (unpaired) electrons. The van der Waals surface area contributed by atoms with Crippen molar-refractivity contribution in [1.29, 1.82) is 0 Å². The number of Topliss-reactive ketones (excluding diaryl/α,β-unsaturated/α-hetero) is 1. The maximum Gasteiger partial charge on any atom is 0.141 e. The van der Waals surface area contributed by atoms with Gasteiger partial charge in [-0.1, -0.05) is 6.08 Å². The van der Waals surface area contributed by atoms with Gasteiger partial charge >= 0.3 is 0 Å². The second-order valence-corrected chi connectivity index (χ2v) is 3.48. The van der Waals surface area contributed by atoms with Crippen LogP contribution in [0.25, 0.3) is 0 Å². The number of aryl methyl sites for hydroxylation is 2. The second kappa shape index (κ2) is 4.22. The molecular formula is C11H16N2O. The molecule has 1 aromatic heterocycles. The number of carbonyl (C=O) groups excluding carboxylic acids is 1. The molecule has 0 amide bonds. The zero-order chi connectivity index (χ0) is 10.7. The first-order chi connectivity index (χ1) is 6.56. The molecule has 0 bridgehead atoms. The van der Waals surface area contributed by atoms with Crippen LogP contribution < -0.4 is 0 Å². The van der Waals surface area contributed by atoms with Gasteiger partial charge in [-0.15, -0.1) is 6.58 Å². The van der Waals surface area contributed by atoms with Crippen molar-refractivity contribution in [1.82, 2.24) is 9.78 Å². The summed E-state index contributed by atoms with van der Waals surface area (Å²) < 4.78 is 1.81. The third-order valence-corrected chi connectivity index (χ3v) is 2.40. The van der Waals surface area contributed by atoms with Gasteiger partial charge in [0, 0.05) is 31.1 Å². The Morgan fingerprint density at radius 1 is 1.57 bits per heavy atom. The van der Waals surface area contributed by atoms with Crippen molar-refractivity contribution in [3.8, 4) is 0 Å². The molecule has 0 aliphatic carbocycles. The number of carbonyl (C=O) groups is 1.